The largest absolute Gasteiger partial charge is 0.330 e. The minimum atomic E-state index is -0.361. The second kappa shape index (κ2) is 6.83. The van der Waals surface area contributed by atoms with Crippen molar-refractivity contribution in [1.82, 2.24) is 0 Å². The normalized spacial score (nSPS) is 11.5. The van der Waals surface area contributed by atoms with Gasteiger partial charge in [-0.1, -0.05) is 6.92 Å². The highest BCUT2D eigenvalue weighted by Crippen LogP contribution is 2.20. The van der Waals surface area contributed by atoms with Gasteiger partial charge in [-0.25, -0.2) is 4.39 Å². The molecule has 0 aromatic heterocycles. The van der Waals surface area contributed by atoms with E-state index in [1.165, 1.54) is 18.2 Å². The van der Waals surface area contributed by atoms with Crippen molar-refractivity contribution < 1.29 is 9.18 Å². The maximum atomic E-state index is 12.9. The molecule has 3 N–H and O–H groups in total. The molecule has 0 heterocycles. The number of nitrogens with two attached hydrogens (primary N) is 1. The van der Waals surface area contributed by atoms with E-state index in [9.17, 15) is 9.18 Å². The predicted molar refractivity (Wildman–Crippen MR) is 68.2 cm³/mol. The Morgan fingerprint density at radius 1 is 1.62 bits per heavy atom. The van der Waals surface area contributed by atoms with Crippen LogP contribution >= 0.6 is 28.3 Å². The molecule has 1 aromatic rings. The summed E-state index contributed by atoms with van der Waals surface area (Å²) >= 11 is 3.04. The second-order valence-corrected chi connectivity index (χ2v) is 4.11. The summed E-state index contributed by atoms with van der Waals surface area (Å²) in [5.74, 6) is -0.787. The van der Waals surface area contributed by atoms with Crippen molar-refractivity contribution in [2.75, 3.05) is 11.9 Å². The third-order valence-corrected chi connectivity index (χ3v) is 2.60. The van der Waals surface area contributed by atoms with E-state index < -0.39 is 0 Å². The number of rotatable bonds is 3. The quantitative estimate of drug-likeness (QED) is 0.901. The van der Waals surface area contributed by atoms with Crippen LogP contribution in [0.15, 0.2) is 22.7 Å². The van der Waals surface area contributed by atoms with Gasteiger partial charge in [0, 0.05) is 18.2 Å². The summed E-state index contributed by atoms with van der Waals surface area (Å²) in [5.41, 5.74) is 5.90. The van der Waals surface area contributed by atoms with Gasteiger partial charge in [-0.15, -0.1) is 12.4 Å². The Labute approximate surface area is 108 Å². The van der Waals surface area contributed by atoms with Crippen LogP contribution in [0.4, 0.5) is 10.1 Å². The zero-order chi connectivity index (χ0) is 11.4. The molecule has 16 heavy (non-hydrogen) atoms. The van der Waals surface area contributed by atoms with Crippen LogP contribution in [-0.2, 0) is 4.79 Å². The number of carbonyl (C=O) groups is 1. The number of hydrogen-bond acceptors (Lipinski definition) is 2. The van der Waals surface area contributed by atoms with Crippen molar-refractivity contribution in [2.45, 2.75) is 6.92 Å². The third-order valence-electron chi connectivity index (χ3n) is 1.99. The Balaban J connectivity index is 0.00000225. The molecule has 0 bridgehead atoms. The van der Waals surface area contributed by atoms with Crippen LogP contribution in [0.1, 0.15) is 6.92 Å². The number of benzene rings is 1. The number of nitrogens with one attached hydrogen (secondary N) is 1. The van der Waals surface area contributed by atoms with Crippen LogP contribution in [-0.4, -0.2) is 12.5 Å². The van der Waals surface area contributed by atoms with Gasteiger partial charge in [-0.05, 0) is 34.1 Å². The second-order valence-electron chi connectivity index (χ2n) is 3.25. The minimum Gasteiger partial charge on any atom is -0.330 e. The van der Waals surface area contributed by atoms with Gasteiger partial charge in [0.15, 0.2) is 0 Å². The number of anilines is 1. The van der Waals surface area contributed by atoms with E-state index in [1.54, 1.807) is 6.92 Å². The summed E-state index contributed by atoms with van der Waals surface area (Å²) in [5, 5.41) is 2.65. The topological polar surface area (TPSA) is 55.1 Å². The Kier molecular flexibility index (Phi) is 6.55. The fourth-order valence-electron chi connectivity index (χ4n) is 0.946. The number of halogens is 3. The van der Waals surface area contributed by atoms with Gasteiger partial charge in [0.1, 0.15) is 5.82 Å². The molecule has 90 valence electrons. The summed E-state index contributed by atoms with van der Waals surface area (Å²) in [4.78, 5) is 11.4. The van der Waals surface area contributed by atoms with Gasteiger partial charge >= 0.3 is 0 Å². The van der Waals surface area contributed by atoms with Gasteiger partial charge in [0.2, 0.25) is 5.91 Å². The Hall–Kier alpha value is -0.650. The number of amides is 1. The molecular weight excluding hydrogens is 298 g/mol. The van der Waals surface area contributed by atoms with Gasteiger partial charge in [0.25, 0.3) is 0 Å². The molecule has 0 aliphatic rings. The molecule has 3 nitrogen and oxygen atoms in total. The molecule has 1 unspecified atom stereocenters. The van der Waals surface area contributed by atoms with Crippen molar-refractivity contribution in [3.05, 3.63) is 28.5 Å². The van der Waals surface area contributed by atoms with Crippen molar-refractivity contribution in [2.24, 2.45) is 11.7 Å². The zero-order valence-electron chi connectivity index (χ0n) is 8.67. The molecule has 0 spiro atoms. The zero-order valence-corrected chi connectivity index (χ0v) is 11.1. The lowest BCUT2D eigenvalue weighted by Crippen LogP contribution is -2.26. The third kappa shape index (κ3) is 4.08. The van der Waals surface area contributed by atoms with Crippen LogP contribution in [0.2, 0.25) is 0 Å². The molecule has 6 heteroatoms. The molecule has 1 amide bonds. The van der Waals surface area contributed by atoms with E-state index in [0.29, 0.717) is 10.2 Å². The summed E-state index contributed by atoms with van der Waals surface area (Å²) in [7, 11) is 0. The van der Waals surface area contributed by atoms with Gasteiger partial charge in [-0.2, -0.15) is 0 Å². The van der Waals surface area contributed by atoms with Crippen molar-refractivity contribution in [3.8, 4) is 0 Å². The summed E-state index contributed by atoms with van der Waals surface area (Å²) in [6.07, 6.45) is 0. The smallest absolute Gasteiger partial charge is 0.228 e. The van der Waals surface area contributed by atoms with Crippen molar-refractivity contribution in [1.29, 1.82) is 0 Å². The average Bonchev–Trinajstić information content (AvgIpc) is 2.22. The molecule has 0 aliphatic heterocycles. The van der Waals surface area contributed by atoms with E-state index in [0.717, 1.165) is 0 Å². The van der Waals surface area contributed by atoms with Gasteiger partial charge in [-0.3, -0.25) is 4.79 Å². The molecule has 0 saturated carbocycles. The van der Waals surface area contributed by atoms with Gasteiger partial charge in [0.05, 0.1) is 4.47 Å². The van der Waals surface area contributed by atoms with E-state index in [-0.39, 0.29) is 36.6 Å². The summed E-state index contributed by atoms with van der Waals surface area (Å²) in [6.45, 7) is 2.02. The van der Waals surface area contributed by atoms with Crippen molar-refractivity contribution in [3.63, 3.8) is 0 Å². The Morgan fingerprint density at radius 2 is 2.25 bits per heavy atom. The van der Waals surface area contributed by atoms with Crippen LogP contribution in [0.3, 0.4) is 0 Å². The minimum absolute atomic E-state index is 0. The predicted octanol–water partition coefficient (Wildman–Crippen LogP) is 2.54. The molecule has 0 fully saturated rings. The molecule has 1 rings (SSSR count). The molecule has 0 saturated heterocycles. The maximum absolute atomic E-state index is 12.9. The summed E-state index contributed by atoms with van der Waals surface area (Å²) in [6, 6.07) is 4.30. The first kappa shape index (κ1) is 15.3. The standard InChI is InChI=1S/C10H12BrFN2O.ClH/c1-6(5-13)10(15)14-7-2-3-9(12)8(11)4-7;/h2-4,6H,5,13H2,1H3,(H,14,15);1H. The molecule has 0 radical (unpaired) electrons. The molecule has 0 aliphatic carbocycles. The van der Waals surface area contributed by atoms with E-state index in [4.69, 9.17) is 5.73 Å². The number of carbonyl (C=O) groups excluding carboxylic acids is 1. The first-order valence-corrected chi connectivity index (χ1v) is 5.30. The lowest BCUT2D eigenvalue weighted by Gasteiger charge is -2.10. The molecule has 1 aromatic carbocycles. The van der Waals surface area contributed by atoms with E-state index in [1.807, 2.05) is 0 Å². The highest BCUT2D eigenvalue weighted by molar-refractivity contribution is 9.10. The van der Waals surface area contributed by atoms with Gasteiger partial charge < -0.3 is 11.1 Å². The average molecular weight is 312 g/mol. The first-order valence-electron chi connectivity index (χ1n) is 4.50. The van der Waals surface area contributed by atoms with Crippen LogP contribution < -0.4 is 11.1 Å². The first-order chi connectivity index (χ1) is 7.04. The monoisotopic (exact) mass is 310 g/mol. The van der Waals surface area contributed by atoms with Crippen LogP contribution in [0, 0.1) is 11.7 Å². The lowest BCUT2D eigenvalue weighted by atomic mass is 10.1. The number of hydrogen-bond donors (Lipinski definition) is 2. The molecular formula is C10H13BrClFN2O. The maximum Gasteiger partial charge on any atom is 0.228 e. The lowest BCUT2D eigenvalue weighted by molar-refractivity contribution is -0.119. The highest BCUT2D eigenvalue weighted by atomic mass is 79.9. The highest BCUT2D eigenvalue weighted by Gasteiger charge is 2.11. The van der Waals surface area contributed by atoms with Crippen molar-refractivity contribution >= 4 is 39.9 Å². The fourth-order valence-corrected chi connectivity index (χ4v) is 1.33. The fraction of sp³-hybridized carbons (Fsp3) is 0.300. The van der Waals surface area contributed by atoms with E-state index >= 15 is 0 Å². The summed E-state index contributed by atoms with van der Waals surface area (Å²) < 4.78 is 13.2. The van der Waals surface area contributed by atoms with E-state index in [2.05, 4.69) is 21.2 Å². The van der Waals surface area contributed by atoms with Crippen LogP contribution in [0.5, 0.6) is 0 Å². The van der Waals surface area contributed by atoms with Crippen LogP contribution in [0.25, 0.3) is 0 Å². The Bertz CT molecular complexity index is 376. The Morgan fingerprint density at radius 3 is 2.75 bits per heavy atom. The SMILES string of the molecule is CC(CN)C(=O)Nc1ccc(F)c(Br)c1.Cl. The molecule has 1 atom stereocenters.